The Morgan fingerprint density at radius 1 is 1.75 bits per heavy atom. The third-order valence-corrected chi connectivity index (χ3v) is 1.69. The zero-order valence-corrected chi connectivity index (χ0v) is 5.38. The lowest BCUT2D eigenvalue weighted by atomic mass is 10.4. The zero-order chi connectivity index (χ0) is 6.73. The van der Waals surface area contributed by atoms with Crippen molar-refractivity contribution in [3.63, 3.8) is 0 Å². The first-order valence-corrected chi connectivity index (χ1v) is 3.42. The van der Waals surface area contributed by atoms with Crippen LogP contribution in [0.1, 0.15) is 6.92 Å². The van der Waals surface area contributed by atoms with Gasteiger partial charge in [0.2, 0.25) is 0 Å². The Labute approximate surface area is 48.2 Å². The van der Waals surface area contributed by atoms with Gasteiger partial charge in [0.05, 0.1) is 0 Å². The predicted octanol–water partition coefficient (Wildman–Crippen LogP) is -0.613. The first-order chi connectivity index (χ1) is 3.55. The van der Waals surface area contributed by atoms with Crippen LogP contribution in [0.15, 0.2) is 0 Å². The van der Waals surface area contributed by atoms with Crippen LogP contribution in [-0.4, -0.2) is 21.9 Å². The molecule has 0 fully saturated rings. The average molecular weight is 138 g/mol. The Kier molecular flexibility index (Phi) is 3.09. The monoisotopic (exact) mass is 138 g/mol. The molecule has 8 heavy (non-hydrogen) atoms. The molecular formula is C3H9NO3P+. The van der Waals surface area contributed by atoms with Gasteiger partial charge >= 0.3 is 8.03 Å². The second kappa shape index (κ2) is 3.10. The molecule has 48 valence electrons. The third-order valence-electron chi connectivity index (χ3n) is 0.749. The molecule has 0 aromatic rings. The van der Waals surface area contributed by atoms with Crippen molar-refractivity contribution in [3.8, 4) is 0 Å². The van der Waals surface area contributed by atoms with E-state index in [4.69, 9.17) is 15.7 Å². The van der Waals surface area contributed by atoms with E-state index >= 15 is 0 Å². The van der Waals surface area contributed by atoms with E-state index in [0.717, 1.165) is 0 Å². The van der Waals surface area contributed by atoms with E-state index < -0.39 is 19.9 Å². The second-order valence-electron chi connectivity index (χ2n) is 1.53. The lowest BCUT2D eigenvalue weighted by Gasteiger charge is -1.97. The zero-order valence-electron chi connectivity index (χ0n) is 4.48. The Hall–Kier alpha value is -0.0200. The maximum Gasteiger partial charge on any atom is 0.527 e. The van der Waals surface area contributed by atoms with Gasteiger partial charge in [0.25, 0.3) is 5.78 Å². The van der Waals surface area contributed by atoms with Gasteiger partial charge in [0.15, 0.2) is 0 Å². The standard InChI is InChI=1S/C3H8NO3P/c1-2(5)3(4)8(6)7/h2-3,5H,4H2,1H3/p+1. The van der Waals surface area contributed by atoms with Crippen molar-refractivity contribution < 1.29 is 14.6 Å². The molecule has 0 saturated carbocycles. The molecule has 0 radical (unpaired) electrons. The summed E-state index contributed by atoms with van der Waals surface area (Å²) in [6.07, 6.45) is -0.913. The Morgan fingerprint density at radius 2 is 2.12 bits per heavy atom. The molecule has 0 heterocycles. The van der Waals surface area contributed by atoms with Gasteiger partial charge in [-0.25, -0.2) is 0 Å². The molecule has 3 atom stereocenters. The van der Waals surface area contributed by atoms with Gasteiger partial charge in [-0.1, -0.05) is 0 Å². The van der Waals surface area contributed by atoms with Crippen LogP contribution in [0, 0.1) is 0 Å². The molecule has 0 aliphatic rings. The summed E-state index contributed by atoms with van der Waals surface area (Å²) >= 11 is 0. The van der Waals surface area contributed by atoms with Crippen molar-refractivity contribution in [1.82, 2.24) is 0 Å². The molecule has 4 N–H and O–H groups in total. The van der Waals surface area contributed by atoms with Crippen LogP contribution in [0.2, 0.25) is 0 Å². The summed E-state index contributed by atoms with van der Waals surface area (Å²) in [6, 6.07) is 0. The van der Waals surface area contributed by atoms with E-state index in [9.17, 15) is 4.57 Å². The van der Waals surface area contributed by atoms with E-state index in [1.54, 1.807) is 0 Å². The van der Waals surface area contributed by atoms with Crippen molar-refractivity contribution in [2.75, 3.05) is 0 Å². The number of aliphatic hydroxyl groups is 1. The molecular weight excluding hydrogens is 129 g/mol. The number of aliphatic hydroxyl groups excluding tert-OH is 1. The molecule has 0 aromatic carbocycles. The Morgan fingerprint density at radius 3 is 2.12 bits per heavy atom. The number of hydrogen-bond acceptors (Lipinski definition) is 3. The third kappa shape index (κ3) is 2.33. The van der Waals surface area contributed by atoms with Gasteiger partial charge in [-0.05, 0) is 11.5 Å². The fourth-order valence-corrected chi connectivity index (χ4v) is 0.554. The van der Waals surface area contributed by atoms with Crippen molar-refractivity contribution in [2.24, 2.45) is 5.73 Å². The van der Waals surface area contributed by atoms with E-state index in [1.807, 2.05) is 0 Å². The lowest BCUT2D eigenvalue weighted by molar-refractivity contribution is 0.186. The van der Waals surface area contributed by atoms with Crippen molar-refractivity contribution in [2.45, 2.75) is 18.8 Å². The summed E-state index contributed by atoms with van der Waals surface area (Å²) in [5, 5.41) is 8.52. The molecule has 4 nitrogen and oxygen atoms in total. The van der Waals surface area contributed by atoms with Crippen molar-refractivity contribution in [3.05, 3.63) is 0 Å². The highest BCUT2D eigenvalue weighted by Gasteiger charge is 2.28. The largest absolute Gasteiger partial charge is 0.527 e. The van der Waals surface area contributed by atoms with Gasteiger partial charge < -0.3 is 5.11 Å². The highest BCUT2D eigenvalue weighted by atomic mass is 31.1. The Bertz CT molecular complexity index is 94.5. The number of nitrogens with two attached hydrogens (primary N) is 1. The minimum Gasteiger partial charge on any atom is -0.387 e. The molecule has 0 aliphatic carbocycles. The van der Waals surface area contributed by atoms with Crippen LogP contribution in [0.4, 0.5) is 0 Å². The Balaban J connectivity index is 3.64. The van der Waals surface area contributed by atoms with Crippen LogP contribution in [0.3, 0.4) is 0 Å². The molecule has 0 bridgehead atoms. The number of hydrogen-bond donors (Lipinski definition) is 3. The lowest BCUT2D eigenvalue weighted by Crippen LogP contribution is -2.28. The summed E-state index contributed by atoms with van der Waals surface area (Å²) in [5.74, 6) is -1.01. The quantitative estimate of drug-likeness (QED) is 0.444. The predicted molar refractivity (Wildman–Crippen MR) is 29.5 cm³/mol. The van der Waals surface area contributed by atoms with Gasteiger partial charge in [0.1, 0.15) is 6.10 Å². The van der Waals surface area contributed by atoms with Gasteiger partial charge in [-0.2, -0.15) is 4.89 Å². The highest BCUT2D eigenvalue weighted by Crippen LogP contribution is 2.19. The van der Waals surface area contributed by atoms with Crippen LogP contribution in [0.5, 0.6) is 0 Å². The normalized spacial score (nSPS) is 19.8. The molecule has 5 heteroatoms. The number of rotatable bonds is 2. The summed E-state index contributed by atoms with van der Waals surface area (Å²) in [4.78, 5) is 8.22. The van der Waals surface area contributed by atoms with E-state index in [0.29, 0.717) is 0 Å². The summed E-state index contributed by atoms with van der Waals surface area (Å²) in [6.45, 7) is 1.37. The molecule has 3 unspecified atom stereocenters. The average Bonchev–Trinajstić information content (AvgIpc) is 1.64. The minimum absolute atomic E-state index is 0.913. The van der Waals surface area contributed by atoms with Gasteiger partial charge in [-0.3, -0.25) is 5.73 Å². The van der Waals surface area contributed by atoms with Crippen LogP contribution < -0.4 is 5.73 Å². The fraction of sp³-hybridized carbons (Fsp3) is 1.00. The van der Waals surface area contributed by atoms with Crippen LogP contribution >= 0.6 is 8.03 Å². The molecule has 0 amide bonds. The molecule has 0 aliphatic heterocycles. The maximum atomic E-state index is 10.0. The highest BCUT2D eigenvalue weighted by molar-refractivity contribution is 7.38. The molecule has 0 saturated heterocycles. The summed E-state index contributed by atoms with van der Waals surface area (Å²) < 4.78 is 10.0. The molecule has 0 spiro atoms. The fourth-order valence-electron chi connectivity index (χ4n) is 0.185. The van der Waals surface area contributed by atoms with E-state index in [2.05, 4.69) is 0 Å². The summed E-state index contributed by atoms with van der Waals surface area (Å²) in [5.41, 5.74) is 4.98. The summed E-state index contributed by atoms with van der Waals surface area (Å²) in [7, 11) is -2.42. The van der Waals surface area contributed by atoms with Crippen molar-refractivity contribution >= 4 is 8.03 Å². The minimum atomic E-state index is -2.42. The second-order valence-corrected chi connectivity index (χ2v) is 2.74. The van der Waals surface area contributed by atoms with E-state index in [-0.39, 0.29) is 0 Å². The van der Waals surface area contributed by atoms with Gasteiger partial charge in [0, 0.05) is 0 Å². The first-order valence-electron chi connectivity index (χ1n) is 2.14. The van der Waals surface area contributed by atoms with Gasteiger partial charge in [-0.15, -0.1) is 0 Å². The topological polar surface area (TPSA) is 83.5 Å². The van der Waals surface area contributed by atoms with E-state index in [1.165, 1.54) is 6.92 Å². The first kappa shape index (κ1) is 7.98. The van der Waals surface area contributed by atoms with Crippen LogP contribution in [-0.2, 0) is 4.57 Å². The SMILES string of the molecule is CC(O)C(N)[P+](=O)O. The molecule has 0 rings (SSSR count). The van der Waals surface area contributed by atoms with Crippen LogP contribution in [0.25, 0.3) is 0 Å². The smallest absolute Gasteiger partial charge is 0.387 e. The van der Waals surface area contributed by atoms with Crippen molar-refractivity contribution in [1.29, 1.82) is 0 Å². The maximum absolute atomic E-state index is 10.0. The molecule has 0 aromatic heterocycles.